The third-order valence-electron chi connectivity index (χ3n) is 3.55. The van der Waals surface area contributed by atoms with Crippen LogP contribution in [-0.4, -0.2) is 18.1 Å². The molecule has 0 aliphatic rings. The van der Waals surface area contributed by atoms with E-state index < -0.39 is 5.97 Å². The van der Waals surface area contributed by atoms with Gasteiger partial charge in [-0.1, -0.05) is 58.4 Å². The molecule has 4 heteroatoms. The number of hydrogen-bond acceptors (Lipinski definition) is 3. The molecule has 0 aliphatic carbocycles. The average Bonchev–Trinajstić information content (AvgIpc) is 2.60. The molecule has 0 unspecified atom stereocenters. The van der Waals surface area contributed by atoms with Gasteiger partial charge in [-0.2, -0.15) is 0 Å². The molecule has 0 atom stereocenters. The smallest absolute Gasteiger partial charge is 0.356 e. The molecule has 1 heterocycles. The first-order valence-electron chi connectivity index (χ1n) is 6.86. The van der Waals surface area contributed by atoms with Gasteiger partial charge in [0.25, 0.3) is 0 Å². The molecule has 0 N–H and O–H groups in total. The monoisotopic (exact) mass is 355 g/mol. The second-order valence-electron chi connectivity index (χ2n) is 4.89. The van der Waals surface area contributed by atoms with Crippen molar-refractivity contribution in [3.63, 3.8) is 0 Å². The Morgan fingerprint density at radius 3 is 2.59 bits per heavy atom. The molecule has 110 valence electrons. The molecular weight excluding hydrogens is 342 g/mol. The highest BCUT2D eigenvalue weighted by atomic mass is 79.9. The summed E-state index contributed by atoms with van der Waals surface area (Å²) in [6.07, 6.45) is 0. The average molecular weight is 356 g/mol. The summed E-state index contributed by atoms with van der Waals surface area (Å²) >= 11 is 3.37. The fraction of sp³-hybridized carbons (Fsp3) is 0.111. The summed E-state index contributed by atoms with van der Waals surface area (Å²) in [5.74, 6) is -0.419. The predicted molar refractivity (Wildman–Crippen MR) is 91.1 cm³/mol. The van der Waals surface area contributed by atoms with Gasteiger partial charge in [-0.15, -0.1) is 0 Å². The minimum absolute atomic E-state index is 0.352. The predicted octanol–water partition coefficient (Wildman–Crippen LogP) is 4.58. The van der Waals surface area contributed by atoms with Crippen LogP contribution in [0.3, 0.4) is 0 Å². The van der Waals surface area contributed by atoms with E-state index in [1.165, 1.54) is 12.5 Å². The first kappa shape index (κ1) is 14.7. The fourth-order valence-electron chi connectivity index (χ4n) is 2.38. The van der Waals surface area contributed by atoms with E-state index in [0.29, 0.717) is 11.0 Å². The Hall–Kier alpha value is -2.20. The molecule has 0 aliphatic heterocycles. The van der Waals surface area contributed by atoms with Gasteiger partial charge < -0.3 is 4.74 Å². The fourth-order valence-corrected chi connectivity index (χ4v) is 2.83. The van der Waals surface area contributed by atoms with Crippen molar-refractivity contribution >= 4 is 32.7 Å². The van der Waals surface area contributed by atoms with Crippen LogP contribution in [0.5, 0.6) is 0 Å². The third kappa shape index (κ3) is 2.74. The number of fused-ring (bicyclic) bond motifs is 1. The SMILES string of the molecule is COC(=O)c1nc(-c2ccc3ccccc3c2)ccc1CBr. The van der Waals surface area contributed by atoms with E-state index in [2.05, 4.69) is 45.2 Å². The number of hydrogen-bond donors (Lipinski definition) is 0. The molecule has 3 aromatic rings. The lowest BCUT2D eigenvalue weighted by molar-refractivity contribution is 0.0593. The summed E-state index contributed by atoms with van der Waals surface area (Å²) in [6, 6.07) is 18.1. The molecule has 3 rings (SSSR count). The second-order valence-corrected chi connectivity index (χ2v) is 5.45. The molecule has 0 radical (unpaired) electrons. The number of halogens is 1. The zero-order valence-corrected chi connectivity index (χ0v) is 13.6. The second kappa shape index (κ2) is 6.28. The molecule has 0 spiro atoms. The summed E-state index contributed by atoms with van der Waals surface area (Å²) in [6.45, 7) is 0. The third-order valence-corrected chi connectivity index (χ3v) is 4.15. The van der Waals surface area contributed by atoms with E-state index in [0.717, 1.165) is 22.2 Å². The van der Waals surface area contributed by atoms with E-state index in [4.69, 9.17) is 4.74 Å². The minimum Gasteiger partial charge on any atom is -0.464 e. The molecule has 0 saturated heterocycles. The van der Waals surface area contributed by atoms with Crippen LogP contribution in [0.4, 0.5) is 0 Å². The van der Waals surface area contributed by atoms with Crippen molar-refractivity contribution in [1.82, 2.24) is 4.98 Å². The van der Waals surface area contributed by atoms with Crippen molar-refractivity contribution in [3.8, 4) is 11.3 Å². The van der Waals surface area contributed by atoms with E-state index in [9.17, 15) is 4.79 Å². The number of carbonyl (C=O) groups excluding carboxylic acids is 1. The van der Waals surface area contributed by atoms with Crippen LogP contribution in [0.1, 0.15) is 16.1 Å². The van der Waals surface area contributed by atoms with Gasteiger partial charge >= 0.3 is 5.97 Å². The number of nitrogens with zero attached hydrogens (tertiary/aromatic N) is 1. The lowest BCUT2D eigenvalue weighted by Gasteiger charge is -2.08. The maximum atomic E-state index is 11.9. The Kier molecular flexibility index (Phi) is 4.20. The van der Waals surface area contributed by atoms with Crippen LogP contribution in [0, 0.1) is 0 Å². The lowest BCUT2D eigenvalue weighted by atomic mass is 10.0. The molecule has 22 heavy (non-hydrogen) atoms. The molecule has 0 fully saturated rings. The van der Waals surface area contributed by atoms with E-state index in [-0.39, 0.29) is 0 Å². The number of benzene rings is 2. The van der Waals surface area contributed by atoms with Gasteiger partial charge in [-0.25, -0.2) is 9.78 Å². The van der Waals surface area contributed by atoms with Crippen molar-refractivity contribution in [2.75, 3.05) is 7.11 Å². The minimum atomic E-state index is -0.419. The number of esters is 1. The molecular formula is C18H14BrNO2. The van der Waals surface area contributed by atoms with Crippen LogP contribution in [-0.2, 0) is 10.1 Å². The molecule has 0 bridgehead atoms. The number of aromatic nitrogens is 1. The van der Waals surface area contributed by atoms with E-state index >= 15 is 0 Å². The van der Waals surface area contributed by atoms with Crippen molar-refractivity contribution in [1.29, 1.82) is 0 Å². The summed E-state index contributed by atoms with van der Waals surface area (Å²) in [5.41, 5.74) is 2.90. The van der Waals surface area contributed by atoms with Gasteiger partial charge in [0.1, 0.15) is 0 Å². The van der Waals surface area contributed by atoms with E-state index in [1.807, 2.05) is 30.3 Å². The summed E-state index contributed by atoms with van der Waals surface area (Å²) in [5, 5.41) is 2.88. The number of methoxy groups -OCH3 is 1. The van der Waals surface area contributed by atoms with Gasteiger partial charge in [-0.3, -0.25) is 0 Å². The maximum Gasteiger partial charge on any atom is 0.356 e. The molecule has 3 nitrogen and oxygen atoms in total. The number of pyridine rings is 1. The van der Waals surface area contributed by atoms with Crippen LogP contribution in [0.25, 0.3) is 22.0 Å². The summed E-state index contributed by atoms with van der Waals surface area (Å²) in [4.78, 5) is 16.4. The summed E-state index contributed by atoms with van der Waals surface area (Å²) < 4.78 is 4.82. The number of rotatable bonds is 3. The Labute approximate surface area is 137 Å². The van der Waals surface area contributed by atoms with Gasteiger partial charge in [-0.05, 0) is 28.5 Å². The highest BCUT2D eigenvalue weighted by Gasteiger charge is 2.14. The number of ether oxygens (including phenoxy) is 1. The normalized spacial score (nSPS) is 10.6. The van der Waals surface area contributed by atoms with Crippen LogP contribution in [0.2, 0.25) is 0 Å². The number of carbonyl (C=O) groups is 1. The number of alkyl halides is 1. The molecule has 2 aromatic carbocycles. The molecule has 0 saturated carbocycles. The lowest BCUT2D eigenvalue weighted by Crippen LogP contribution is -2.08. The standard InChI is InChI=1S/C18H14BrNO2/c1-22-18(21)17-15(11-19)8-9-16(20-17)14-7-6-12-4-2-3-5-13(12)10-14/h2-10H,11H2,1H3. The highest BCUT2D eigenvalue weighted by molar-refractivity contribution is 9.08. The van der Waals surface area contributed by atoms with Gasteiger partial charge in [0.15, 0.2) is 5.69 Å². The first-order valence-corrected chi connectivity index (χ1v) is 7.98. The van der Waals surface area contributed by atoms with Crippen LogP contribution < -0.4 is 0 Å². The largest absolute Gasteiger partial charge is 0.464 e. The highest BCUT2D eigenvalue weighted by Crippen LogP contribution is 2.25. The van der Waals surface area contributed by atoms with E-state index in [1.54, 1.807) is 0 Å². The Bertz CT molecular complexity index is 845. The van der Waals surface area contributed by atoms with Gasteiger partial charge in [0.2, 0.25) is 0 Å². The van der Waals surface area contributed by atoms with Gasteiger partial charge in [0.05, 0.1) is 12.8 Å². The van der Waals surface area contributed by atoms with Crippen molar-refractivity contribution in [2.24, 2.45) is 0 Å². The molecule has 1 aromatic heterocycles. The Balaban J connectivity index is 2.11. The quantitative estimate of drug-likeness (QED) is 0.509. The zero-order valence-electron chi connectivity index (χ0n) is 12.0. The Morgan fingerprint density at radius 2 is 1.86 bits per heavy atom. The van der Waals surface area contributed by atoms with Crippen molar-refractivity contribution in [2.45, 2.75) is 5.33 Å². The Morgan fingerprint density at radius 1 is 1.09 bits per heavy atom. The first-order chi connectivity index (χ1) is 10.7. The maximum absolute atomic E-state index is 11.9. The zero-order chi connectivity index (χ0) is 15.5. The topological polar surface area (TPSA) is 39.2 Å². The summed E-state index contributed by atoms with van der Waals surface area (Å²) in [7, 11) is 1.37. The van der Waals surface area contributed by atoms with Gasteiger partial charge in [0, 0.05) is 10.9 Å². The van der Waals surface area contributed by atoms with Crippen molar-refractivity contribution < 1.29 is 9.53 Å². The van der Waals surface area contributed by atoms with Crippen molar-refractivity contribution in [3.05, 3.63) is 65.9 Å². The molecule has 0 amide bonds. The van der Waals surface area contributed by atoms with Crippen LogP contribution >= 0.6 is 15.9 Å². The van der Waals surface area contributed by atoms with Crippen LogP contribution in [0.15, 0.2) is 54.6 Å².